The van der Waals surface area contributed by atoms with Crippen LogP contribution in [0.15, 0.2) is 29.3 Å². The van der Waals surface area contributed by atoms with Gasteiger partial charge in [-0.3, -0.25) is 0 Å². The Morgan fingerprint density at radius 3 is 2.61 bits per heavy atom. The molecule has 0 unspecified atom stereocenters. The van der Waals surface area contributed by atoms with Gasteiger partial charge in [0.05, 0.1) is 6.54 Å². The van der Waals surface area contributed by atoms with Gasteiger partial charge in [-0.25, -0.2) is 9.38 Å². The van der Waals surface area contributed by atoms with Gasteiger partial charge in [0.25, 0.3) is 0 Å². The number of nitrogens with one attached hydrogen (secondary N) is 2. The third kappa shape index (κ3) is 5.91. The van der Waals surface area contributed by atoms with E-state index in [1.807, 2.05) is 6.92 Å². The van der Waals surface area contributed by atoms with Crippen molar-refractivity contribution >= 4 is 17.7 Å². The van der Waals surface area contributed by atoms with Crippen LogP contribution < -0.4 is 10.6 Å². The van der Waals surface area contributed by atoms with Gasteiger partial charge in [0.15, 0.2) is 5.96 Å². The maximum Gasteiger partial charge on any atom is 0.191 e. The van der Waals surface area contributed by atoms with Gasteiger partial charge in [-0.1, -0.05) is 12.1 Å². The molecule has 0 saturated heterocycles. The predicted molar refractivity (Wildman–Crippen MR) is 77.6 cm³/mol. The van der Waals surface area contributed by atoms with Gasteiger partial charge in [-0.05, 0) is 30.9 Å². The van der Waals surface area contributed by atoms with Crippen LogP contribution >= 0.6 is 11.8 Å². The van der Waals surface area contributed by atoms with Crippen molar-refractivity contribution < 1.29 is 4.39 Å². The summed E-state index contributed by atoms with van der Waals surface area (Å²) in [6.45, 7) is 4.30. The number of halogens is 1. The van der Waals surface area contributed by atoms with Crippen molar-refractivity contribution in [3.05, 3.63) is 35.6 Å². The molecule has 5 heteroatoms. The van der Waals surface area contributed by atoms with Crippen LogP contribution in [0.3, 0.4) is 0 Å². The summed E-state index contributed by atoms with van der Waals surface area (Å²) < 4.78 is 12.7. The molecule has 0 fully saturated rings. The van der Waals surface area contributed by atoms with Crippen molar-refractivity contribution in [2.45, 2.75) is 13.5 Å². The molecule has 0 spiro atoms. The molecular formula is C13H20FN3S. The highest BCUT2D eigenvalue weighted by Crippen LogP contribution is 2.03. The minimum absolute atomic E-state index is 0.215. The van der Waals surface area contributed by atoms with Crippen LogP contribution in [-0.2, 0) is 6.54 Å². The lowest BCUT2D eigenvalue weighted by Crippen LogP contribution is -2.38. The second-order valence-corrected chi connectivity index (χ2v) is 4.73. The topological polar surface area (TPSA) is 36.4 Å². The first-order valence-electron chi connectivity index (χ1n) is 6.01. The lowest BCUT2D eigenvalue weighted by atomic mass is 10.2. The summed E-state index contributed by atoms with van der Waals surface area (Å²) in [7, 11) is 0. The number of rotatable bonds is 6. The minimum Gasteiger partial charge on any atom is -0.357 e. The number of guanidine groups is 1. The van der Waals surface area contributed by atoms with E-state index in [4.69, 9.17) is 0 Å². The summed E-state index contributed by atoms with van der Waals surface area (Å²) in [6.07, 6.45) is 2.07. The van der Waals surface area contributed by atoms with Crippen LogP contribution in [-0.4, -0.2) is 31.1 Å². The lowest BCUT2D eigenvalue weighted by Gasteiger charge is -2.10. The summed E-state index contributed by atoms with van der Waals surface area (Å²) in [5.41, 5.74) is 0.999. The molecule has 1 aromatic carbocycles. The maximum atomic E-state index is 12.7. The molecule has 0 bridgehead atoms. The van der Waals surface area contributed by atoms with E-state index < -0.39 is 0 Å². The molecule has 1 rings (SSSR count). The Labute approximate surface area is 112 Å². The third-order valence-corrected chi connectivity index (χ3v) is 2.89. The van der Waals surface area contributed by atoms with Crippen LogP contribution in [0.25, 0.3) is 0 Å². The van der Waals surface area contributed by atoms with E-state index in [1.165, 1.54) is 12.1 Å². The Morgan fingerprint density at radius 1 is 1.28 bits per heavy atom. The van der Waals surface area contributed by atoms with Crippen molar-refractivity contribution in [1.82, 2.24) is 10.6 Å². The second-order valence-electron chi connectivity index (χ2n) is 3.74. The van der Waals surface area contributed by atoms with Gasteiger partial charge in [0.1, 0.15) is 5.82 Å². The van der Waals surface area contributed by atoms with E-state index in [0.717, 1.165) is 30.4 Å². The largest absolute Gasteiger partial charge is 0.357 e. The highest BCUT2D eigenvalue weighted by atomic mass is 32.2. The molecule has 0 saturated carbocycles. The fraction of sp³-hybridized carbons (Fsp3) is 0.462. The molecule has 3 nitrogen and oxygen atoms in total. The fourth-order valence-electron chi connectivity index (χ4n) is 1.37. The third-order valence-electron chi connectivity index (χ3n) is 2.28. The van der Waals surface area contributed by atoms with Crippen molar-refractivity contribution in [1.29, 1.82) is 0 Å². The van der Waals surface area contributed by atoms with Crippen molar-refractivity contribution in [3.63, 3.8) is 0 Å². The van der Waals surface area contributed by atoms with Gasteiger partial charge in [-0.15, -0.1) is 0 Å². The molecule has 1 aromatic rings. The number of nitrogens with zero attached hydrogens (tertiary/aromatic N) is 1. The summed E-state index contributed by atoms with van der Waals surface area (Å²) >= 11 is 1.79. The second kappa shape index (κ2) is 8.80. The van der Waals surface area contributed by atoms with Gasteiger partial charge in [0.2, 0.25) is 0 Å². The van der Waals surface area contributed by atoms with Gasteiger partial charge in [-0.2, -0.15) is 11.8 Å². The van der Waals surface area contributed by atoms with Crippen LogP contribution in [0.4, 0.5) is 4.39 Å². The van der Waals surface area contributed by atoms with Crippen LogP contribution in [0, 0.1) is 5.82 Å². The Balaban J connectivity index is 2.50. The van der Waals surface area contributed by atoms with Gasteiger partial charge < -0.3 is 10.6 Å². The Morgan fingerprint density at radius 2 is 2.00 bits per heavy atom. The normalized spacial score (nSPS) is 11.4. The highest BCUT2D eigenvalue weighted by Gasteiger charge is 1.97. The van der Waals surface area contributed by atoms with E-state index >= 15 is 0 Å². The fourth-order valence-corrected chi connectivity index (χ4v) is 1.68. The maximum absolute atomic E-state index is 12.7. The van der Waals surface area contributed by atoms with Crippen molar-refractivity contribution in [2.24, 2.45) is 4.99 Å². The van der Waals surface area contributed by atoms with Gasteiger partial charge in [0, 0.05) is 18.8 Å². The van der Waals surface area contributed by atoms with E-state index in [9.17, 15) is 4.39 Å². The molecule has 100 valence electrons. The number of benzene rings is 1. The summed E-state index contributed by atoms with van der Waals surface area (Å²) in [4.78, 5) is 4.45. The van der Waals surface area contributed by atoms with Gasteiger partial charge >= 0.3 is 0 Å². The molecule has 18 heavy (non-hydrogen) atoms. The van der Waals surface area contributed by atoms with Crippen LogP contribution in [0.5, 0.6) is 0 Å². The Hall–Kier alpha value is -1.23. The Bertz CT molecular complexity index is 365. The highest BCUT2D eigenvalue weighted by molar-refractivity contribution is 7.98. The molecule has 0 radical (unpaired) electrons. The first-order valence-corrected chi connectivity index (χ1v) is 7.41. The zero-order valence-electron chi connectivity index (χ0n) is 10.9. The lowest BCUT2D eigenvalue weighted by molar-refractivity contribution is 0.627. The zero-order chi connectivity index (χ0) is 13.2. The van der Waals surface area contributed by atoms with Crippen molar-refractivity contribution in [3.8, 4) is 0 Å². The molecular weight excluding hydrogens is 249 g/mol. The first kappa shape index (κ1) is 14.8. The molecule has 0 aliphatic rings. The molecule has 0 amide bonds. The molecule has 0 aliphatic heterocycles. The molecule has 0 aliphatic carbocycles. The monoisotopic (exact) mass is 269 g/mol. The molecule has 0 aromatic heterocycles. The van der Waals surface area contributed by atoms with E-state index in [0.29, 0.717) is 6.54 Å². The number of hydrogen-bond acceptors (Lipinski definition) is 2. The number of hydrogen-bond donors (Lipinski definition) is 2. The number of aliphatic imine (C=N–C) groups is 1. The molecule has 0 heterocycles. The van der Waals surface area contributed by atoms with E-state index in [-0.39, 0.29) is 5.82 Å². The zero-order valence-corrected chi connectivity index (χ0v) is 11.7. The van der Waals surface area contributed by atoms with E-state index in [2.05, 4.69) is 21.9 Å². The Kier molecular flexibility index (Phi) is 7.25. The summed E-state index contributed by atoms with van der Waals surface area (Å²) in [6, 6.07) is 6.42. The average molecular weight is 269 g/mol. The predicted octanol–water partition coefficient (Wildman–Crippen LogP) is 2.24. The van der Waals surface area contributed by atoms with Crippen LogP contribution in [0.1, 0.15) is 12.5 Å². The first-order chi connectivity index (χ1) is 8.76. The number of thioether (sulfide) groups is 1. The minimum atomic E-state index is -0.215. The van der Waals surface area contributed by atoms with Crippen LogP contribution in [0.2, 0.25) is 0 Å². The summed E-state index contributed by atoms with van der Waals surface area (Å²) in [5.74, 6) is 1.63. The standard InChI is InChI=1S/C13H20FN3S/c1-3-15-13(16-8-9-18-2)17-10-11-4-6-12(14)7-5-11/h4-7H,3,8-10H2,1-2H3,(H2,15,16,17). The SMILES string of the molecule is CCNC(=NCc1ccc(F)cc1)NCCSC. The smallest absolute Gasteiger partial charge is 0.191 e. The summed E-state index contributed by atoms with van der Waals surface area (Å²) in [5, 5.41) is 6.43. The average Bonchev–Trinajstić information content (AvgIpc) is 2.38. The molecule has 0 atom stereocenters. The van der Waals surface area contributed by atoms with E-state index in [1.54, 1.807) is 23.9 Å². The molecule has 2 N–H and O–H groups in total. The quantitative estimate of drug-likeness (QED) is 0.472. The van der Waals surface area contributed by atoms with Crippen molar-refractivity contribution in [2.75, 3.05) is 25.1 Å².